The van der Waals surface area contributed by atoms with Crippen LogP contribution in [-0.2, 0) is 17.9 Å². The highest BCUT2D eigenvalue weighted by Crippen LogP contribution is 2.20. The molecule has 0 spiro atoms. The van der Waals surface area contributed by atoms with Crippen molar-refractivity contribution in [3.05, 3.63) is 57.8 Å². The SMILES string of the molecule is Cc1nn(CC(C)C(=O)Nc2ncn(Cc3ccc(F)cc3)n2)c(C)c1Br. The number of nitrogens with zero attached hydrogens (tertiary/aromatic N) is 5. The van der Waals surface area contributed by atoms with Gasteiger partial charge >= 0.3 is 0 Å². The van der Waals surface area contributed by atoms with Crippen LogP contribution >= 0.6 is 15.9 Å². The summed E-state index contributed by atoms with van der Waals surface area (Å²) in [7, 11) is 0. The molecule has 2 aromatic heterocycles. The second-order valence-corrected chi connectivity index (χ2v) is 7.24. The largest absolute Gasteiger partial charge is 0.293 e. The van der Waals surface area contributed by atoms with E-state index >= 15 is 0 Å². The number of anilines is 1. The molecule has 1 N–H and O–H groups in total. The van der Waals surface area contributed by atoms with Gasteiger partial charge in [-0.2, -0.15) is 5.10 Å². The Hall–Kier alpha value is -2.55. The topological polar surface area (TPSA) is 77.6 Å². The second kappa shape index (κ2) is 7.99. The van der Waals surface area contributed by atoms with E-state index in [4.69, 9.17) is 0 Å². The maximum Gasteiger partial charge on any atom is 0.248 e. The molecule has 0 saturated carbocycles. The number of carbonyl (C=O) groups excluding carboxylic acids is 1. The summed E-state index contributed by atoms with van der Waals surface area (Å²) in [4.78, 5) is 16.5. The molecule has 1 atom stereocenters. The minimum absolute atomic E-state index is 0.182. The van der Waals surface area contributed by atoms with Gasteiger partial charge in [0.05, 0.1) is 29.2 Å². The molecule has 9 heteroatoms. The Morgan fingerprint density at radius 3 is 2.59 bits per heavy atom. The van der Waals surface area contributed by atoms with Crippen LogP contribution in [0.2, 0.25) is 0 Å². The maximum absolute atomic E-state index is 13.0. The average Bonchev–Trinajstić information content (AvgIpc) is 3.17. The van der Waals surface area contributed by atoms with Crippen molar-refractivity contribution in [1.29, 1.82) is 0 Å². The minimum atomic E-state index is -0.307. The molecule has 1 amide bonds. The van der Waals surface area contributed by atoms with Crippen molar-refractivity contribution in [3.63, 3.8) is 0 Å². The highest BCUT2D eigenvalue weighted by atomic mass is 79.9. The fourth-order valence-electron chi connectivity index (χ4n) is 2.63. The highest BCUT2D eigenvalue weighted by molar-refractivity contribution is 9.10. The monoisotopic (exact) mass is 434 g/mol. The summed E-state index contributed by atoms with van der Waals surface area (Å²) in [6, 6.07) is 6.16. The van der Waals surface area contributed by atoms with Gasteiger partial charge in [-0.3, -0.25) is 14.8 Å². The Morgan fingerprint density at radius 2 is 1.96 bits per heavy atom. The number of amides is 1. The van der Waals surface area contributed by atoms with E-state index in [0.717, 1.165) is 21.4 Å². The van der Waals surface area contributed by atoms with Crippen molar-refractivity contribution in [2.24, 2.45) is 5.92 Å². The molecule has 0 aliphatic rings. The molecule has 1 aromatic carbocycles. The quantitative estimate of drug-likeness (QED) is 0.645. The first-order valence-electron chi connectivity index (χ1n) is 8.47. The summed E-state index contributed by atoms with van der Waals surface area (Å²) in [6.07, 6.45) is 1.53. The van der Waals surface area contributed by atoms with Crippen molar-refractivity contribution in [2.45, 2.75) is 33.9 Å². The predicted molar refractivity (Wildman–Crippen MR) is 103 cm³/mol. The summed E-state index contributed by atoms with van der Waals surface area (Å²) in [5, 5.41) is 11.4. The molecule has 0 saturated heterocycles. The zero-order valence-corrected chi connectivity index (χ0v) is 16.9. The predicted octanol–water partition coefficient (Wildman–Crippen LogP) is 3.32. The van der Waals surface area contributed by atoms with E-state index in [1.54, 1.807) is 16.8 Å². The lowest BCUT2D eigenvalue weighted by molar-refractivity contribution is -0.119. The molecule has 7 nitrogen and oxygen atoms in total. The number of halogens is 2. The van der Waals surface area contributed by atoms with Gasteiger partial charge in [-0.25, -0.2) is 14.1 Å². The number of hydrogen-bond acceptors (Lipinski definition) is 4. The van der Waals surface area contributed by atoms with Crippen LogP contribution in [0.3, 0.4) is 0 Å². The van der Waals surface area contributed by atoms with Gasteiger partial charge in [0.1, 0.15) is 12.1 Å². The van der Waals surface area contributed by atoms with Crippen LogP contribution in [-0.4, -0.2) is 30.5 Å². The number of hydrogen-bond donors (Lipinski definition) is 1. The number of aromatic nitrogens is 5. The Morgan fingerprint density at radius 1 is 1.26 bits per heavy atom. The molecule has 142 valence electrons. The number of aryl methyl sites for hydroxylation is 1. The third-order valence-corrected chi connectivity index (χ3v) is 5.36. The molecule has 3 rings (SSSR count). The lowest BCUT2D eigenvalue weighted by atomic mass is 10.1. The lowest BCUT2D eigenvalue weighted by Crippen LogP contribution is -2.26. The van der Waals surface area contributed by atoms with Gasteiger partial charge in [0.25, 0.3) is 0 Å². The van der Waals surface area contributed by atoms with E-state index in [0.29, 0.717) is 13.1 Å². The van der Waals surface area contributed by atoms with E-state index in [2.05, 4.69) is 36.4 Å². The Bertz CT molecular complexity index is 949. The number of carbonyl (C=O) groups is 1. The third kappa shape index (κ3) is 4.60. The highest BCUT2D eigenvalue weighted by Gasteiger charge is 2.18. The van der Waals surface area contributed by atoms with Crippen molar-refractivity contribution < 1.29 is 9.18 Å². The Labute approximate surface area is 164 Å². The molecule has 0 aliphatic carbocycles. The average molecular weight is 435 g/mol. The number of benzene rings is 1. The number of rotatable bonds is 6. The maximum atomic E-state index is 13.0. The zero-order chi connectivity index (χ0) is 19.6. The van der Waals surface area contributed by atoms with Crippen molar-refractivity contribution in [1.82, 2.24) is 24.5 Å². The van der Waals surface area contributed by atoms with Crippen molar-refractivity contribution >= 4 is 27.8 Å². The standard InChI is InChI=1S/C18H20BrFN6O/c1-11(8-26-13(3)16(19)12(2)23-26)17(27)22-18-21-10-25(24-18)9-14-4-6-15(20)7-5-14/h4-7,10-11H,8-9H2,1-3H3,(H,22,24,27). The Balaban J connectivity index is 1.59. The first-order valence-corrected chi connectivity index (χ1v) is 9.27. The van der Waals surface area contributed by atoms with Crippen LogP contribution in [0.15, 0.2) is 35.1 Å². The van der Waals surface area contributed by atoms with Gasteiger partial charge in [0.15, 0.2) is 0 Å². The summed E-state index contributed by atoms with van der Waals surface area (Å²) < 4.78 is 17.3. The third-order valence-electron chi connectivity index (χ3n) is 4.22. The smallest absolute Gasteiger partial charge is 0.248 e. The van der Waals surface area contributed by atoms with Gasteiger partial charge < -0.3 is 0 Å². The molecule has 0 aliphatic heterocycles. The van der Waals surface area contributed by atoms with Crippen LogP contribution in [0.4, 0.5) is 10.3 Å². The minimum Gasteiger partial charge on any atom is -0.293 e. The zero-order valence-electron chi connectivity index (χ0n) is 15.3. The molecule has 0 radical (unpaired) electrons. The van der Waals surface area contributed by atoms with E-state index in [1.165, 1.54) is 18.5 Å². The van der Waals surface area contributed by atoms with Crippen LogP contribution in [0.5, 0.6) is 0 Å². The summed E-state index contributed by atoms with van der Waals surface area (Å²) >= 11 is 3.49. The first kappa shape index (κ1) is 19.2. The second-order valence-electron chi connectivity index (χ2n) is 6.45. The fraction of sp³-hybridized carbons (Fsp3) is 0.333. The number of nitrogens with one attached hydrogen (secondary N) is 1. The van der Waals surface area contributed by atoms with E-state index in [-0.39, 0.29) is 23.6 Å². The van der Waals surface area contributed by atoms with Crippen LogP contribution in [0.1, 0.15) is 23.9 Å². The Kier molecular flexibility index (Phi) is 5.69. The summed E-state index contributed by atoms with van der Waals surface area (Å²) in [5.41, 5.74) is 2.76. The molecule has 3 aromatic rings. The summed E-state index contributed by atoms with van der Waals surface area (Å²) in [5.74, 6) is -0.533. The van der Waals surface area contributed by atoms with Crippen LogP contribution < -0.4 is 5.32 Å². The molecular formula is C18H20BrFN6O. The van der Waals surface area contributed by atoms with Crippen LogP contribution in [0, 0.1) is 25.6 Å². The van der Waals surface area contributed by atoms with E-state index < -0.39 is 0 Å². The van der Waals surface area contributed by atoms with Gasteiger partial charge in [-0.15, -0.1) is 5.10 Å². The van der Waals surface area contributed by atoms with E-state index in [9.17, 15) is 9.18 Å². The van der Waals surface area contributed by atoms with E-state index in [1.807, 2.05) is 25.5 Å². The molecule has 0 fully saturated rings. The molecule has 0 bridgehead atoms. The van der Waals surface area contributed by atoms with Gasteiger partial charge in [0, 0.05) is 5.69 Å². The van der Waals surface area contributed by atoms with Crippen molar-refractivity contribution in [3.8, 4) is 0 Å². The lowest BCUT2D eigenvalue weighted by Gasteiger charge is -2.12. The molecule has 27 heavy (non-hydrogen) atoms. The first-order chi connectivity index (χ1) is 12.8. The summed E-state index contributed by atoms with van der Waals surface area (Å²) in [6.45, 7) is 6.59. The van der Waals surface area contributed by atoms with Crippen LogP contribution in [0.25, 0.3) is 0 Å². The molecular weight excluding hydrogens is 415 g/mol. The molecule has 2 heterocycles. The molecule has 1 unspecified atom stereocenters. The van der Waals surface area contributed by atoms with Gasteiger partial charge in [-0.1, -0.05) is 19.1 Å². The van der Waals surface area contributed by atoms with Gasteiger partial charge in [-0.05, 0) is 47.5 Å². The van der Waals surface area contributed by atoms with Crippen molar-refractivity contribution in [2.75, 3.05) is 5.32 Å². The fourth-order valence-corrected chi connectivity index (χ4v) is 2.92. The normalized spacial score (nSPS) is 12.2. The van der Waals surface area contributed by atoms with Gasteiger partial charge in [0.2, 0.25) is 11.9 Å².